The summed E-state index contributed by atoms with van der Waals surface area (Å²) in [7, 11) is 0. The lowest BCUT2D eigenvalue weighted by atomic mass is 9.95. The van der Waals surface area contributed by atoms with Crippen LogP contribution in [0, 0.1) is 5.92 Å². The number of piperazine rings is 1. The SMILES string of the molecule is CCOC(CC1CNCCN1CC(C)C(=O)c1ccccc1)c1ccccc1. The van der Waals surface area contributed by atoms with Crippen molar-refractivity contribution in [3.63, 3.8) is 0 Å². The highest BCUT2D eigenvalue weighted by Crippen LogP contribution is 2.26. The second-order valence-electron chi connectivity index (χ2n) is 7.57. The lowest BCUT2D eigenvalue weighted by Gasteiger charge is -2.39. The highest BCUT2D eigenvalue weighted by Gasteiger charge is 2.29. The number of carbonyl (C=O) groups is 1. The molecule has 3 atom stereocenters. The van der Waals surface area contributed by atoms with Gasteiger partial charge in [-0.15, -0.1) is 0 Å². The minimum Gasteiger partial charge on any atom is -0.374 e. The molecule has 150 valence electrons. The van der Waals surface area contributed by atoms with E-state index in [-0.39, 0.29) is 17.8 Å². The third kappa shape index (κ3) is 5.51. The zero-order valence-corrected chi connectivity index (χ0v) is 17.0. The van der Waals surface area contributed by atoms with E-state index in [9.17, 15) is 4.79 Å². The number of benzene rings is 2. The van der Waals surface area contributed by atoms with Gasteiger partial charge >= 0.3 is 0 Å². The van der Waals surface area contributed by atoms with Crippen LogP contribution in [0.3, 0.4) is 0 Å². The van der Waals surface area contributed by atoms with Crippen molar-refractivity contribution in [3.05, 3.63) is 71.8 Å². The summed E-state index contributed by atoms with van der Waals surface area (Å²) >= 11 is 0. The van der Waals surface area contributed by atoms with E-state index in [0.29, 0.717) is 12.6 Å². The van der Waals surface area contributed by atoms with Crippen LogP contribution in [0.15, 0.2) is 60.7 Å². The molecular formula is C24H32N2O2. The van der Waals surface area contributed by atoms with Gasteiger partial charge in [-0.2, -0.15) is 0 Å². The number of Topliss-reactive ketones (excluding diaryl/α,β-unsaturated/α-hetero) is 1. The van der Waals surface area contributed by atoms with Crippen molar-refractivity contribution in [2.45, 2.75) is 32.4 Å². The van der Waals surface area contributed by atoms with Gasteiger partial charge in [0.1, 0.15) is 0 Å². The molecule has 0 aromatic heterocycles. The Morgan fingerprint density at radius 3 is 2.50 bits per heavy atom. The van der Waals surface area contributed by atoms with Gasteiger partial charge in [-0.3, -0.25) is 9.69 Å². The molecule has 1 N–H and O–H groups in total. The van der Waals surface area contributed by atoms with Crippen molar-refractivity contribution in [3.8, 4) is 0 Å². The van der Waals surface area contributed by atoms with Crippen molar-refractivity contribution in [2.75, 3.05) is 32.8 Å². The van der Waals surface area contributed by atoms with Crippen LogP contribution in [0.25, 0.3) is 0 Å². The number of nitrogens with one attached hydrogen (secondary N) is 1. The fourth-order valence-electron chi connectivity index (χ4n) is 4.01. The van der Waals surface area contributed by atoms with Gasteiger partial charge in [0.2, 0.25) is 0 Å². The molecule has 4 heteroatoms. The first-order chi connectivity index (χ1) is 13.7. The van der Waals surface area contributed by atoms with Crippen molar-refractivity contribution in [1.82, 2.24) is 10.2 Å². The van der Waals surface area contributed by atoms with E-state index in [4.69, 9.17) is 4.74 Å². The molecule has 1 aliphatic heterocycles. The van der Waals surface area contributed by atoms with Gasteiger partial charge < -0.3 is 10.1 Å². The highest BCUT2D eigenvalue weighted by atomic mass is 16.5. The lowest BCUT2D eigenvalue weighted by molar-refractivity contribution is 0.0221. The van der Waals surface area contributed by atoms with E-state index in [1.54, 1.807) is 0 Å². The van der Waals surface area contributed by atoms with Gasteiger partial charge in [-0.25, -0.2) is 0 Å². The molecule has 1 aliphatic rings. The largest absolute Gasteiger partial charge is 0.374 e. The first-order valence-electron chi connectivity index (χ1n) is 10.4. The number of hydrogen-bond acceptors (Lipinski definition) is 4. The number of carbonyl (C=O) groups excluding carboxylic acids is 1. The molecule has 1 heterocycles. The molecule has 0 amide bonds. The van der Waals surface area contributed by atoms with E-state index in [0.717, 1.165) is 38.2 Å². The summed E-state index contributed by atoms with van der Waals surface area (Å²) in [6.45, 7) is 8.44. The molecule has 2 aromatic carbocycles. The molecule has 0 radical (unpaired) electrons. The Kier molecular flexibility index (Phi) is 7.78. The van der Waals surface area contributed by atoms with E-state index in [1.807, 2.05) is 50.2 Å². The van der Waals surface area contributed by atoms with Crippen LogP contribution in [0.5, 0.6) is 0 Å². The van der Waals surface area contributed by atoms with Gasteiger partial charge in [-0.05, 0) is 18.9 Å². The van der Waals surface area contributed by atoms with Crippen LogP contribution in [0.2, 0.25) is 0 Å². The van der Waals surface area contributed by atoms with Gasteiger partial charge in [0.15, 0.2) is 5.78 Å². The average Bonchev–Trinajstić information content (AvgIpc) is 2.75. The number of ether oxygens (including phenoxy) is 1. The van der Waals surface area contributed by atoms with Crippen LogP contribution in [0.4, 0.5) is 0 Å². The molecular weight excluding hydrogens is 348 g/mol. The van der Waals surface area contributed by atoms with Crippen molar-refractivity contribution < 1.29 is 9.53 Å². The topological polar surface area (TPSA) is 41.6 Å². The van der Waals surface area contributed by atoms with Crippen LogP contribution in [-0.4, -0.2) is 49.5 Å². The molecule has 28 heavy (non-hydrogen) atoms. The number of rotatable bonds is 9. The zero-order valence-electron chi connectivity index (χ0n) is 17.0. The van der Waals surface area contributed by atoms with Gasteiger partial charge in [0, 0.05) is 50.3 Å². The molecule has 3 rings (SSSR count). The molecule has 3 unspecified atom stereocenters. The Balaban J connectivity index is 1.66. The Morgan fingerprint density at radius 1 is 1.14 bits per heavy atom. The maximum atomic E-state index is 12.8. The number of ketones is 1. The van der Waals surface area contributed by atoms with Crippen LogP contribution in [0.1, 0.15) is 42.3 Å². The van der Waals surface area contributed by atoms with Crippen LogP contribution >= 0.6 is 0 Å². The van der Waals surface area contributed by atoms with Gasteiger partial charge in [-0.1, -0.05) is 67.6 Å². The Hall–Kier alpha value is -2.01. The third-order valence-corrected chi connectivity index (χ3v) is 5.51. The Bertz CT molecular complexity index is 720. The van der Waals surface area contributed by atoms with E-state index < -0.39 is 0 Å². The predicted molar refractivity (Wildman–Crippen MR) is 114 cm³/mol. The van der Waals surface area contributed by atoms with Crippen molar-refractivity contribution in [1.29, 1.82) is 0 Å². The normalized spacial score (nSPS) is 19.9. The first kappa shape index (κ1) is 20.7. The lowest BCUT2D eigenvalue weighted by Crippen LogP contribution is -2.53. The minimum absolute atomic E-state index is 0.0229. The maximum absolute atomic E-state index is 12.8. The smallest absolute Gasteiger partial charge is 0.166 e. The molecule has 1 fully saturated rings. The Morgan fingerprint density at radius 2 is 1.82 bits per heavy atom. The molecule has 0 aliphatic carbocycles. The standard InChI is InChI=1S/C24H32N2O2/c1-3-28-23(20-10-6-4-7-11-20)16-22-17-25-14-15-26(22)18-19(2)24(27)21-12-8-5-9-13-21/h4-13,19,22-23,25H,3,14-18H2,1-2H3. The van der Waals surface area contributed by atoms with Gasteiger partial charge in [0.25, 0.3) is 0 Å². The number of hydrogen-bond donors (Lipinski definition) is 1. The molecule has 4 nitrogen and oxygen atoms in total. The molecule has 0 bridgehead atoms. The monoisotopic (exact) mass is 380 g/mol. The highest BCUT2D eigenvalue weighted by molar-refractivity contribution is 5.97. The molecule has 0 saturated carbocycles. The summed E-state index contributed by atoms with van der Waals surface area (Å²) in [6, 6.07) is 20.5. The van der Waals surface area contributed by atoms with E-state index >= 15 is 0 Å². The summed E-state index contributed by atoms with van der Waals surface area (Å²) in [4.78, 5) is 15.3. The third-order valence-electron chi connectivity index (χ3n) is 5.51. The van der Waals surface area contributed by atoms with E-state index in [2.05, 4.69) is 34.5 Å². The summed E-state index contributed by atoms with van der Waals surface area (Å²) < 4.78 is 6.08. The molecule has 1 saturated heterocycles. The second kappa shape index (κ2) is 10.5. The van der Waals surface area contributed by atoms with Crippen molar-refractivity contribution >= 4 is 5.78 Å². The fourth-order valence-corrected chi connectivity index (χ4v) is 4.01. The average molecular weight is 381 g/mol. The zero-order chi connectivity index (χ0) is 19.8. The molecule has 0 spiro atoms. The predicted octanol–water partition coefficient (Wildman–Crippen LogP) is 3.95. The summed E-state index contributed by atoms with van der Waals surface area (Å²) in [5.41, 5.74) is 2.03. The summed E-state index contributed by atoms with van der Waals surface area (Å²) in [6.07, 6.45) is 1.01. The second-order valence-corrected chi connectivity index (χ2v) is 7.57. The first-order valence-corrected chi connectivity index (χ1v) is 10.4. The summed E-state index contributed by atoms with van der Waals surface area (Å²) in [5.74, 6) is 0.201. The van der Waals surface area contributed by atoms with Crippen LogP contribution < -0.4 is 5.32 Å². The Labute approximate surface area is 168 Å². The quantitative estimate of drug-likeness (QED) is 0.669. The van der Waals surface area contributed by atoms with Crippen LogP contribution in [-0.2, 0) is 4.74 Å². The number of nitrogens with zero attached hydrogens (tertiary/aromatic N) is 1. The van der Waals surface area contributed by atoms with Gasteiger partial charge in [0.05, 0.1) is 6.10 Å². The van der Waals surface area contributed by atoms with E-state index in [1.165, 1.54) is 5.56 Å². The summed E-state index contributed by atoms with van der Waals surface area (Å²) in [5, 5.41) is 3.52. The minimum atomic E-state index is -0.0229. The van der Waals surface area contributed by atoms with Crippen molar-refractivity contribution in [2.24, 2.45) is 5.92 Å². The fraction of sp³-hybridized carbons (Fsp3) is 0.458. The molecule has 2 aromatic rings. The maximum Gasteiger partial charge on any atom is 0.166 e.